The number of nitrogens with one attached hydrogen (secondary N) is 1. The molecule has 0 aromatic carbocycles. The first-order valence-corrected chi connectivity index (χ1v) is 12.0. The summed E-state index contributed by atoms with van der Waals surface area (Å²) >= 11 is 0. The SMILES string of the molecule is CC12CCC3C(C(=C(F)F)CC4C/C(=N/OC5CCNC5)CC[C@@]43CO)C1CCC2=O. The van der Waals surface area contributed by atoms with Crippen molar-refractivity contribution in [2.24, 2.45) is 39.7 Å². The van der Waals surface area contributed by atoms with Crippen LogP contribution < -0.4 is 5.32 Å². The van der Waals surface area contributed by atoms with E-state index in [1.54, 1.807) is 0 Å². The quantitative estimate of drug-likeness (QED) is 0.655. The fraction of sp³-hybridized carbons (Fsp3) is 0.833. The van der Waals surface area contributed by atoms with Gasteiger partial charge in [0.25, 0.3) is 6.08 Å². The maximum absolute atomic E-state index is 14.3. The highest BCUT2D eigenvalue weighted by Crippen LogP contribution is 2.67. The molecule has 7 atom stereocenters. The molecule has 0 aromatic heterocycles. The molecule has 2 N–H and O–H groups in total. The number of halogens is 2. The molecular weight excluding hydrogens is 402 g/mol. The number of fused-ring (bicyclic) bond motifs is 5. The van der Waals surface area contributed by atoms with Crippen LogP contribution >= 0.6 is 0 Å². The Kier molecular flexibility index (Phi) is 5.48. The van der Waals surface area contributed by atoms with E-state index in [-0.39, 0.29) is 53.2 Å². The summed E-state index contributed by atoms with van der Waals surface area (Å²) in [5.74, 6) is -0.0927. The molecule has 31 heavy (non-hydrogen) atoms. The second-order valence-electron chi connectivity index (χ2n) is 10.8. The van der Waals surface area contributed by atoms with Crippen molar-refractivity contribution in [3.8, 4) is 0 Å². The van der Waals surface area contributed by atoms with Crippen LogP contribution in [-0.2, 0) is 9.63 Å². The Morgan fingerprint density at radius 2 is 2.03 bits per heavy atom. The molecule has 5 fully saturated rings. The molecule has 6 unspecified atom stereocenters. The van der Waals surface area contributed by atoms with Crippen LogP contribution in [0.25, 0.3) is 0 Å². The summed E-state index contributed by atoms with van der Waals surface area (Å²) in [6.07, 6.45) is 4.59. The van der Waals surface area contributed by atoms with E-state index in [0.717, 1.165) is 50.9 Å². The Bertz CT molecular complexity index is 805. The van der Waals surface area contributed by atoms with Crippen LogP contribution in [0.4, 0.5) is 8.78 Å². The summed E-state index contributed by atoms with van der Waals surface area (Å²) in [5, 5.41) is 18.3. The monoisotopic (exact) mass is 436 g/mol. The number of carbonyl (C=O) groups is 1. The summed E-state index contributed by atoms with van der Waals surface area (Å²) < 4.78 is 28.6. The fourth-order valence-electron chi connectivity index (χ4n) is 7.86. The lowest BCUT2D eigenvalue weighted by Gasteiger charge is -2.60. The average molecular weight is 437 g/mol. The minimum absolute atomic E-state index is 0.0122. The van der Waals surface area contributed by atoms with Gasteiger partial charge in [-0.05, 0) is 80.7 Å². The first-order valence-electron chi connectivity index (χ1n) is 12.0. The number of ketones is 1. The van der Waals surface area contributed by atoms with Crippen molar-refractivity contribution in [2.75, 3.05) is 19.7 Å². The van der Waals surface area contributed by atoms with Gasteiger partial charge in [-0.3, -0.25) is 4.79 Å². The third-order valence-electron chi connectivity index (χ3n) is 9.64. The van der Waals surface area contributed by atoms with Gasteiger partial charge in [-0.25, -0.2) is 0 Å². The largest absolute Gasteiger partial charge is 0.396 e. The van der Waals surface area contributed by atoms with Crippen LogP contribution in [-0.4, -0.2) is 42.4 Å². The van der Waals surface area contributed by atoms with Gasteiger partial charge in [0.1, 0.15) is 11.9 Å². The number of hydrogen-bond acceptors (Lipinski definition) is 5. The number of allylic oxidation sites excluding steroid dienone is 1. The topological polar surface area (TPSA) is 70.9 Å². The van der Waals surface area contributed by atoms with Gasteiger partial charge in [-0.1, -0.05) is 12.1 Å². The number of Topliss-reactive ketones (excluding diaryl/α,β-unsaturated/α-hetero) is 1. The molecule has 5 rings (SSSR count). The molecule has 5 nitrogen and oxygen atoms in total. The van der Waals surface area contributed by atoms with Crippen LogP contribution in [0.5, 0.6) is 0 Å². The normalized spacial score (nSPS) is 45.9. The first-order chi connectivity index (χ1) is 14.9. The predicted molar refractivity (Wildman–Crippen MR) is 113 cm³/mol. The Morgan fingerprint density at radius 3 is 2.74 bits per heavy atom. The van der Waals surface area contributed by atoms with Crippen molar-refractivity contribution in [2.45, 2.75) is 70.8 Å². The van der Waals surface area contributed by atoms with E-state index in [4.69, 9.17) is 4.84 Å². The van der Waals surface area contributed by atoms with Crippen LogP contribution in [0.3, 0.4) is 0 Å². The Morgan fingerprint density at radius 1 is 1.19 bits per heavy atom. The molecule has 172 valence electrons. The molecule has 0 amide bonds. The van der Waals surface area contributed by atoms with E-state index in [1.807, 2.05) is 6.92 Å². The van der Waals surface area contributed by atoms with Crippen LogP contribution in [0.1, 0.15) is 64.7 Å². The van der Waals surface area contributed by atoms with Crippen molar-refractivity contribution in [1.82, 2.24) is 5.32 Å². The summed E-state index contributed by atoms with van der Waals surface area (Å²) in [5.41, 5.74) is 0.363. The number of rotatable bonds is 3. The summed E-state index contributed by atoms with van der Waals surface area (Å²) in [7, 11) is 0. The number of aliphatic hydroxyl groups excluding tert-OH is 1. The van der Waals surface area contributed by atoms with Crippen LogP contribution in [0, 0.1) is 34.5 Å². The molecule has 0 aromatic rings. The van der Waals surface area contributed by atoms with Crippen LogP contribution in [0.2, 0.25) is 0 Å². The second kappa shape index (κ2) is 7.91. The van der Waals surface area contributed by atoms with Gasteiger partial charge in [0.2, 0.25) is 0 Å². The first kappa shape index (κ1) is 21.5. The van der Waals surface area contributed by atoms with Gasteiger partial charge in [0.15, 0.2) is 0 Å². The van der Waals surface area contributed by atoms with Crippen LogP contribution in [0.15, 0.2) is 16.8 Å². The maximum atomic E-state index is 14.3. The van der Waals surface area contributed by atoms with E-state index < -0.39 is 11.5 Å². The molecule has 1 aliphatic heterocycles. The number of oxime groups is 1. The smallest absolute Gasteiger partial charge is 0.269 e. The average Bonchev–Trinajstić information content (AvgIpc) is 3.39. The van der Waals surface area contributed by atoms with Gasteiger partial charge < -0.3 is 15.3 Å². The molecule has 0 bridgehead atoms. The number of nitrogens with zero attached hydrogens (tertiary/aromatic N) is 1. The van der Waals surface area contributed by atoms with E-state index in [9.17, 15) is 18.7 Å². The molecule has 5 aliphatic rings. The van der Waals surface area contributed by atoms with Crippen molar-refractivity contribution in [1.29, 1.82) is 0 Å². The number of aliphatic hydroxyl groups is 1. The van der Waals surface area contributed by atoms with E-state index in [1.165, 1.54) is 0 Å². The minimum Gasteiger partial charge on any atom is -0.396 e. The number of carbonyl (C=O) groups excluding carboxylic acids is 1. The van der Waals surface area contributed by atoms with Gasteiger partial charge in [0.05, 0.1) is 5.71 Å². The standard InChI is InChI=1S/C24H34F2N2O3/c1-23-7-5-19-21(18(23)2-3-20(23)30)17(22(25)26)11-14-10-15(4-8-24(14,19)13-29)28-31-16-6-9-27-12-16/h14,16,18-19,21,27,29H,2-13H2,1H3/b28-15+/t14?,16?,18?,19?,21?,23?,24-/m1/s1. The van der Waals surface area contributed by atoms with Gasteiger partial charge >= 0.3 is 0 Å². The molecule has 4 saturated carbocycles. The lowest BCUT2D eigenvalue weighted by atomic mass is 9.44. The molecular formula is C24H34F2N2O3. The molecule has 0 spiro atoms. The summed E-state index contributed by atoms with van der Waals surface area (Å²) in [6.45, 7) is 3.75. The van der Waals surface area contributed by atoms with Gasteiger partial charge in [-0.2, -0.15) is 8.78 Å². The summed E-state index contributed by atoms with van der Waals surface area (Å²) in [4.78, 5) is 18.4. The Hall–Kier alpha value is -1.34. The molecule has 7 heteroatoms. The fourth-order valence-corrected chi connectivity index (χ4v) is 7.86. The zero-order valence-electron chi connectivity index (χ0n) is 18.3. The number of hydrogen-bond donors (Lipinski definition) is 2. The Balaban J connectivity index is 1.44. The Labute approximate surface area is 182 Å². The molecule has 1 saturated heterocycles. The lowest BCUT2D eigenvalue weighted by Crippen LogP contribution is -2.57. The van der Waals surface area contributed by atoms with Gasteiger partial charge in [0, 0.05) is 36.8 Å². The van der Waals surface area contributed by atoms with Gasteiger partial charge in [-0.15, -0.1) is 0 Å². The minimum atomic E-state index is -1.57. The highest BCUT2D eigenvalue weighted by Gasteiger charge is 2.63. The molecule has 4 aliphatic carbocycles. The zero-order chi connectivity index (χ0) is 21.8. The highest BCUT2D eigenvalue weighted by molar-refractivity contribution is 5.87. The maximum Gasteiger partial charge on any atom is 0.269 e. The van der Waals surface area contributed by atoms with E-state index >= 15 is 0 Å². The van der Waals surface area contributed by atoms with Crippen molar-refractivity contribution >= 4 is 11.5 Å². The van der Waals surface area contributed by atoms with Crippen molar-refractivity contribution < 1.29 is 23.5 Å². The zero-order valence-corrected chi connectivity index (χ0v) is 18.3. The second-order valence-corrected chi connectivity index (χ2v) is 10.8. The van der Waals surface area contributed by atoms with Crippen molar-refractivity contribution in [3.63, 3.8) is 0 Å². The molecule has 0 radical (unpaired) electrons. The predicted octanol–water partition coefficient (Wildman–Crippen LogP) is 4.07. The van der Waals surface area contributed by atoms with E-state index in [0.29, 0.717) is 25.7 Å². The lowest BCUT2D eigenvalue weighted by molar-refractivity contribution is -0.137. The highest BCUT2D eigenvalue weighted by atomic mass is 19.3. The third kappa shape index (κ3) is 3.29. The van der Waals surface area contributed by atoms with E-state index in [2.05, 4.69) is 10.5 Å². The third-order valence-corrected chi connectivity index (χ3v) is 9.64. The van der Waals surface area contributed by atoms with Crippen molar-refractivity contribution in [3.05, 3.63) is 11.7 Å². The summed E-state index contributed by atoms with van der Waals surface area (Å²) in [6, 6.07) is 0. The molecule has 1 heterocycles.